The second kappa shape index (κ2) is 16.5. The Morgan fingerprint density at radius 3 is 1.47 bits per heavy atom. The first kappa shape index (κ1) is 34.0. The number of imidazole rings is 2. The van der Waals surface area contributed by atoms with Crippen molar-refractivity contribution in [1.82, 2.24) is 29.9 Å². The molecule has 4 heterocycles. The molecule has 4 aromatic heterocycles. The Kier molecular flexibility index (Phi) is 11.5. The number of aromatic nitrogens is 6. The molecule has 13 nitrogen and oxygen atoms in total. The Balaban J connectivity index is 0.915. The van der Waals surface area contributed by atoms with Crippen molar-refractivity contribution in [2.24, 2.45) is 0 Å². The number of pyridine rings is 2. The van der Waals surface area contributed by atoms with Gasteiger partial charge in [-0.2, -0.15) is 0 Å². The standard InChI is InChI=1S/C34H36N6O7S2/c1-41-29-9-11-35-27(31(29)43-3)19-48-33-37-23-7-5-21(17-25(23)39-33)46-15-13-45-14-16-47-22-6-8-24-26(18-22)40-34(38-24)49-20-28-32(44-4)30(42-2)10-12-36-28/h5-12,17-18H,13-16,19-20H2,1-4H3,(H,37,39)(H,38,40). The molecular weight excluding hydrogens is 669 g/mol. The quantitative estimate of drug-likeness (QED) is 0.0760. The van der Waals surface area contributed by atoms with Gasteiger partial charge in [0.1, 0.15) is 24.7 Å². The first-order valence-corrected chi connectivity index (χ1v) is 17.3. The van der Waals surface area contributed by atoms with Crippen LogP contribution in [0.25, 0.3) is 22.1 Å². The summed E-state index contributed by atoms with van der Waals surface area (Å²) in [5.41, 5.74) is 5.03. The highest BCUT2D eigenvalue weighted by atomic mass is 32.2. The van der Waals surface area contributed by atoms with Gasteiger partial charge in [-0.05, 0) is 24.3 Å². The summed E-state index contributed by atoms with van der Waals surface area (Å²) in [5.74, 6) is 5.15. The van der Waals surface area contributed by atoms with Gasteiger partial charge in [-0.1, -0.05) is 23.5 Å². The first-order valence-electron chi connectivity index (χ1n) is 15.3. The number of thioether (sulfide) groups is 2. The molecule has 256 valence electrons. The van der Waals surface area contributed by atoms with Crippen molar-refractivity contribution in [3.63, 3.8) is 0 Å². The van der Waals surface area contributed by atoms with E-state index in [0.717, 1.165) is 55.3 Å². The molecule has 0 amide bonds. The van der Waals surface area contributed by atoms with Gasteiger partial charge >= 0.3 is 0 Å². The minimum absolute atomic E-state index is 0.403. The van der Waals surface area contributed by atoms with Crippen LogP contribution in [0.1, 0.15) is 11.4 Å². The van der Waals surface area contributed by atoms with Gasteiger partial charge < -0.3 is 43.1 Å². The van der Waals surface area contributed by atoms with Gasteiger partial charge in [0.05, 0.1) is 75.1 Å². The zero-order chi connectivity index (χ0) is 34.0. The molecule has 6 aromatic rings. The zero-order valence-corrected chi connectivity index (χ0v) is 29.1. The van der Waals surface area contributed by atoms with Gasteiger partial charge in [-0.3, -0.25) is 9.97 Å². The fourth-order valence-electron chi connectivity index (χ4n) is 4.97. The van der Waals surface area contributed by atoms with Gasteiger partial charge in [0.2, 0.25) is 0 Å². The second-order valence-electron chi connectivity index (χ2n) is 10.3. The van der Waals surface area contributed by atoms with Gasteiger partial charge in [0, 0.05) is 48.2 Å². The fourth-order valence-corrected chi connectivity index (χ4v) is 6.61. The minimum atomic E-state index is 0.403. The summed E-state index contributed by atoms with van der Waals surface area (Å²) < 4.78 is 39.3. The Bertz CT molecular complexity index is 1860. The van der Waals surface area contributed by atoms with Gasteiger partial charge in [0.15, 0.2) is 33.3 Å². The number of rotatable bonds is 18. The third kappa shape index (κ3) is 8.42. The predicted octanol–water partition coefficient (Wildman–Crippen LogP) is 6.32. The van der Waals surface area contributed by atoms with Crippen molar-refractivity contribution in [2.75, 3.05) is 54.9 Å². The van der Waals surface area contributed by atoms with E-state index in [1.807, 2.05) is 36.4 Å². The molecule has 0 bridgehead atoms. The van der Waals surface area contributed by atoms with Crippen molar-refractivity contribution in [2.45, 2.75) is 21.8 Å². The fraction of sp³-hybridized carbons (Fsp3) is 0.294. The molecular formula is C34H36N6O7S2. The average Bonchev–Trinajstić information content (AvgIpc) is 3.75. The molecule has 0 aliphatic heterocycles. The number of benzene rings is 2. The number of H-pyrrole nitrogens is 2. The third-order valence-electron chi connectivity index (χ3n) is 7.28. The Labute approximate surface area is 291 Å². The molecule has 2 aromatic carbocycles. The highest BCUT2D eigenvalue weighted by Crippen LogP contribution is 2.35. The monoisotopic (exact) mass is 704 g/mol. The number of nitrogens with one attached hydrogen (secondary N) is 2. The number of hydrogen-bond donors (Lipinski definition) is 2. The average molecular weight is 705 g/mol. The lowest BCUT2D eigenvalue weighted by Gasteiger charge is -2.10. The highest BCUT2D eigenvalue weighted by molar-refractivity contribution is 7.98. The minimum Gasteiger partial charge on any atom is -0.493 e. The molecule has 49 heavy (non-hydrogen) atoms. The van der Waals surface area contributed by atoms with E-state index in [9.17, 15) is 0 Å². The molecule has 0 aliphatic carbocycles. The van der Waals surface area contributed by atoms with E-state index in [0.29, 0.717) is 60.9 Å². The van der Waals surface area contributed by atoms with E-state index in [1.54, 1.807) is 53.0 Å². The van der Waals surface area contributed by atoms with Crippen LogP contribution in [0.4, 0.5) is 0 Å². The molecule has 0 aliphatic rings. The normalized spacial score (nSPS) is 11.2. The largest absolute Gasteiger partial charge is 0.493 e. The smallest absolute Gasteiger partial charge is 0.183 e. The number of aromatic amines is 2. The Morgan fingerprint density at radius 2 is 1.04 bits per heavy atom. The van der Waals surface area contributed by atoms with Crippen molar-refractivity contribution < 1.29 is 33.2 Å². The number of nitrogens with zero attached hydrogens (tertiary/aromatic N) is 4. The van der Waals surface area contributed by atoms with Crippen LogP contribution < -0.4 is 28.4 Å². The summed E-state index contributed by atoms with van der Waals surface area (Å²) in [6.07, 6.45) is 3.41. The number of ether oxygens (including phenoxy) is 7. The van der Waals surface area contributed by atoms with Crippen LogP contribution in [0.2, 0.25) is 0 Å². The van der Waals surface area contributed by atoms with E-state index in [1.165, 1.54) is 23.5 Å². The molecule has 0 atom stereocenters. The van der Waals surface area contributed by atoms with Crippen LogP contribution in [0.5, 0.6) is 34.5 Å². The molecule has 2 N–H and O–H groups in total. The first-order chi connectivity index (χ1) is 24.1. The number of hydrogen-bond acceptors (Lipinski definition) is 13. The zero-order valence-electron chi connectivity index (χ0n) is 27.5. The van der Waals surface area contributed by atoms with Crippen LogP contribution >= 0.6 is 23.5 Å². The van der Waals surface area contributed by atoms with Gasteiger partial charge in [-0.25, -0.2) is 9.97 Å². The maximum atomic E-state index is 5.91. The third-order valence-corrected chi connectivity index (χ3v) is 9.05. The molecule has 0 radical (unpaired) electrons. The van der Waals surface area contributed by atoms with Crippen molar-refractivity contribution in [3.05, 3.63) is 72.3 Å². The molecule has 15 heteroatoms. The lowest BCUT2D eigenvalue weighted by atomic mass is 10.3. The summed E-state index contributed by atoms with van der Waals surface area (Å²) in [4.78, 5) is 24.9. The van der Waals surface area contributed by atoms with E-state index in [4.69, 9.17) is 33.2 Å². The molecule has 6 rings (SSSR count). The molecule has 0 fully saturated rings. The van der Waals surface area contributed by atoms with E-state index < -0.39 is 0 Å². The highest BCUT2D eigenvalue weighted by Gasteiger charge is 2.15. The lowest BCUT2D eigenvalue weighted by Crippen LogP contribution is -2.12. The Hall–Kier alpha value is -4.86. The Morgan fingerprint density at radius 1 is 0.571 bits per heavy atom. The summed E-state index contributed by atoms with van der Waals surface area (Å²) in [5, 5.41) is 1.55. The van der Waals surface area contributed by atoms with Crippen molar-refractivity contribution in [3.8, 4) is 34.5 Å². The van der Waals surface area contributed by atoms with Crippen molar-refractivity contribution in [1.29, 1.82) is 0 Å². The lowest BCUT2D eigenvalue weighted by molar-refractivity contribution is 0.0765. The summed E-state index contributed by atoms with van der Waals surface area (Å²) in [6, 6.07) is 15.1. The van der Waals surface area contributed by atoms with Crippen LogP contribution in [-0.2, 0) is 16.2 Å². The van der Waals surface area contributed by atoms with E-state index in [-0.39, 0.29) is 0 Å². The van der Waals surface area contributed by atoms with E-state index >= 15 is 0 Å². The summed E-state index contributed by atoms with van der Waals surface area (Å²) in [7, 11) is 6.43. The van der Waals surface area contributed by atoms with Crippen LogP contribution in [-0.4, -0.2) is 84.8 Å². The summed E-state index contributed by atoms with van der Waals surface area (Å²) in [6.45, 7) is 1.66. The predicted molar refractivity (Wildman–Crippen MR) is 188 cm³/mol. The molecule has 0 saturated heterocycles. The van der Waals surface area contributed by atoms with Crippen LogP contribution in [0.3, 0.4) is 0 Å². The molecule has 0 unspecified atom stereocenters. The van der Waals surface area contributed by atoms with Crippen LogP contribution in [0.15, 0.2) is 71.2 Å². The van der Waals surface area contributed by atoms with Crippen LogP contribution in [0, 0.1) is 0 Å². The van der Waals surface area contributed by atoms with Gasteiger partial charge in [0.25, 0.3) is 0 Å². The molecule has 0 spiro atoms. The summed E-state index contributed by atoms with van der Waals surface area (Å²) >= 11 is 3.07. The van der Waals surface area contributed by atoms with Crippen molar-refractivity contribution >= 4 is 45.6 Å². The van der Waals surface area contributed by atoms with E-state index in [2.05, 4.69) is 29.9 Å². The SMILES string of the molecule is COc1ccnc(CSc2nc3ccc(OCCOCCOc4ccc5nc(SCc6nccc(OC)c6OC)[nH]c5c4)cc3[nH]2)c1OC. The number of methoxy groups -OCH3 is 4. The maximum absolute atomic E-state index is 5.91. The topological polar surface area (TPSA) is 148 Å². The molecule has 0 saturated carbocycles. The van der Waals surface area contributed by atoms with Gasteiger partial charge in [-0.15, -0.1) is 0 Å². The maximum Gasteiger partial charge on any atom is 0.183 e. The second-order valence-corrected chi connectivity index (χ2v) is 12.2. The number of fused-ring (bicyclic) bond motifs is 2.